The summed E-state index contributed by atoms with van der Waals surface area (Å²) in [5.74, 6) is 0.146. The summed E-state index contributed by atoms with van der Waals surface area (Å²) in [5, 5.41) is 10.4. The van der Waals surface area contributed by atoms with Crippen LogP contribution in [0.1, 0.15) is 0 Å². The molecule has 0 bridgehead atoms. The van der Waals surface area contributed by atoms with Crippen LogP contribution in [0, 0.1) is 10.7 Å². The molecule has 0 saturated heterocycles. The zero-order valence-corrected chi connectivity index (χ0v) is 8.91. The van der Waals surface area contributed by atoms with Gasteiger partial charge in [-0.3, -0.25) is 0 Å². The Balaban J connectivity index is 2.50. The van der Waals surface area contributed by atoms with Crippen LogP contribution in [0.4, 0.5) is 0 Å². The second kappa shape index (κ2) is 5.94. The van der Waals surface area contributed by atoms with Crippen molar-refractivity contribution in [1.82, 2.24) is 0 Å². The van der Waals surface area contributed by atoms with Crippen LogP contribution in [0.15, 0.2) is 29.2 Å². The Morgan fingerprint density at radius 2 is 2.13 bits per heavy atom. The third-order valence-electron chi connectivity index (χ3n) is 1.57. The molecule has 0 saturated carbocycles. The van der Waals surface area contributed by atoms with Gasteiger partial charge in [0.15, 0.2) is 6.61 Å². The largest absolute Gasteiger partial charge is 0.482 e. The van der Waals surface area contributed by atoms with Gasteiger partial charge in [0, 0.05) is 4.90 Å². The number of carbonyl (C=O) groups excluding carboxylic acids is 1. The van der Waals surface area contributed by atoms with Gasteiger partial charge in [0.05, 0.1) is 7.11 Å². The third-order valence-corrected chi connectivity index (χ3v) is 2.17. The van der Waals surface area contributed by atoms with Gasteiger partial charge in [-0.05, 0) is 36.0 Å². The molecule has 4 nitrogen and oxygen atoms in total. The van der Waals surface area contributed by atoms with Crippen LogP contribution < -0.4 is 4.74 Å². The van der Waals surface area contributed by atoms with Crippen molar-refractivity contribution in [1.29, 1.82) is 5.26 Å². The monoisotopic (exact) mass is 223 g/mol. The minimum absolute atomic E-state index is 0.110. The smallest absolute Gasteiger partial charge is 0.343 e. The number of thioether (sulfide) groups is 1. The Morgan fingerprint density at radius 3 is 2.67 bits per heavy atom. The van der Waals surface area contributed by atoms with E-state index < -0.39 is 5.97 Å². The van der Waals surface area contributed by atoms with Gasteiger partial charge in [0.2, 0.25) is 0 Å². The molecule has 1 rings (SSSR count). The summed E-state index contributed by atoms with van der Waals surface area (Å²) in [7, 11) is 1.30. The van der Waals surface area contributed by atoms with Gasteiger partial charge in [-0.2, -0.15) is 5.26 Å². The van der Waals surface area contributed by atoms with Crippen molar-refractivity contribution in [3.8, 4) is 11.2 Å². The molecule has 0 spiro atoms. The number of thiocyanates is 1. The molecule has 0 aliphatic heterocycles. The fraction of sp³-hybridized carbons (Fsp3) is 0.200. The van der Waals surface area contributed by atoms with E-state index in [1.54, 1.807) is 24.3 Å². The van der Waals surface area contributed by atoms with Gasteiger partial charge in [-0.25, -0.2) is 4.79 Å². The minimum atomic E-state index is -0.425. The quantitative estimate of drug-likeness (QED) is 0.442. The van der Waals surface area contributed by atoms with Crippen molar-refractivity contribution in [3.05, 3.63) is 24.3 Å². The van der Waals surface area contributed by atoms with Crippen molar-refractivity contribution in [3.63, 3.8) is 0 Å². The van der Waals surface area contributed by atoms with E-state index in [1.807, 2.05) is 5.40 Å². The van der Waals surface area contributed by atoms with Crippen LogP contribution in [0.3, 0.4) is 0 Å². The molecule has 5 heteroatoms. The Hall–Kier alpha value is -1.67. The number of nitrogens with zero attached hydrogens (tertiary/aromatic N) is 1. The number of rotatable bonds is 4. The summed E-state index contributed by atoms with van der Waals surface area (Å²) in [4.78, 5) is 11.6. The lowest BCUT2D eigenvalue weighted by molar-refractivity contribution is -0.142. The maximum atomic E-state index is 10.8. The van der Waals surface area contributed by atoms with E-state index >= 15 is 0 Å². The number of esters is 1. The van der Waals surface area contributed by atoms with Crippen molar-refractivity contribution in [2.24, 2.45) is 0 Å². The van der Waals surface area contributed by atoms with E-state index in [4.69, 9.17) is 10.00 Å². The summed E-state index contributed by atoms with van der Waals surface area (Å²) in [6.07, 6.45) is 0. The highest BCUT2D eigenvalue weighted by Gasteiger charge is 2.01. The molecule has 0 aromatic heterocycles. The predicted molar refractivity (Wildman–Crippen MR) is 55.4 cm³/mol. The molecule has 0 atom stereocenters. The van der Waals surface area contributed by atoms with E-state index in [2.05, 4.69) is 4.74 Å². The fourth-order valence-electron chi connectivity index (χ4n) is 0.858. The molecule has 15 heavy (non-hydrogen) atoms. The molecule has 1 aromatic carbocycles. The molecule has 0 fully saturated rings. The average Bonchev–Trinajstić information content (AvgIpc) is 2.28. The zero-order valence-electron chi connectivity index (χ0n) is 8.10. The van der Waals surface area contributed by atoms with Gasteiger partial charge >= 0.3 is 5.97 Å². The van der Waals surface area contributed by atoms with Crippen LogP contribution in [-0.2, 0) is 9.53 Å². The van der Waals surface area contributed by atoms with E-state index in [1.165, 1.54) is 7.11 Å². The number of nitriles is 1. The van der Waals surface area contributed by atoms with Crippen molar-refractivity contribution >= 4 is 17.7 Å². The molecule has 1 aromatic rings. The van der Waals surface area contributed by atoms with Crippen LogP contribution in [0.2, 0.25) is 0 Å². The topological polar surface area (TPSA) is 59.3 Å². The molecule has 0 N–H and O–H groups in total. The molecular weight excluding hydrogens is 214 g/mol. The SMILES string of the molecule is COC(=O)COc1ccc(SC#N)cc1. The van der Waals surface area contributed by atoms with E-state index in [-0.39, 0.29) is 6.61 Å². The second-order valence-electron chi connectivity index (χ2n) is 2.53. The lowest BCUT2D eigenvalue weighted by Gasteiger charge is -2.04. The molecule has 0 amide bonds. The third kappa shape index (κ3) is 3.92. The number of hydrogen-bond donors (Lipinski definition) is 0. The van der Waals surface area contributed by atoms with E-state index in [0.29, 0.717) is 5.75 Å². The highest BCUT2D eigenvalue weighted by atomic mass is 32.2. The van der Waals surface area contributed by atoms with Gasteiger partial charge in [-0.15, -0.1) is 0 Å². The minimum Gasteiger partial charge on any atom is -0.482 e. The molecular formula is C10H9NO3S. The zero-order chi connectivity index (χ0) is 11.1. The van der Waals surface area contributed by atoms with Crippen LogP contribution in [0.5, 0.6) is 5.75 Å². The Morgan fingerprint density at radius 1 is 1.47 bits per heavy atom. The first kappa shape index (κ1) is 11.4. The lowest BCUT2D eigenvalue weighted by Crippen LogP contribution is -2.12. The first-order valence-electron chi connectivity index (χ1n) is 4.12. The number of carbonyl (C=O) groups is 1. The molecule has 78 valence electrons. The van der Waals surface area contributed by atoms with Gasteiger partial charge in [0.25, 0.3) is 0 Å². The van der Waals surface area contributed by atoms with Crippen molar-refractivity contribution in [2.45, 2.75) is 4.90 Å². The van der Waals surface area contributed by atoms with Crippen molar-refractivity contribution < 1.29 is 14.3 Å². The number of hydrogen-bond acceptors (Lipinski definition) is 5. The predicted octanol–water partition coefficient (Wildman–Crippen LogP) is 1.81. The van der Waals surface area contributed by atoms with Crippen molar-refractivity contribution in [2.75, 3.05) is 13.7 Å². The maximum Gasteiger partial charge on any atom is 0.343 e. The summed E-state index contributed by atoms with van der Waals surface area (Å²) >= 11 is 1.07. The van der Waals surface area contributed by atoms with Gasteiger partial charge in [-0.1, -0.05) is 0 Å². The first-order valence-corrected chi connectivity index (χ1v) is 4.93. The molecule has 0 aliphatic rings. The maximum absolute atomic E-state index is 10.8. The summed E-state index contributed by atoms with van der Waals surface area (Å²) in [6.45, 7) is -0.110. The first-order chi connectivity index (χ1) is 7.26. The highest BCUT2D eigenvalue weighted by molar-refractivity contribution is 8.03. The molecule has 0 radical (unpaired) electrons. The number of benzene rings is 1. The number of methoxy groups -OCH3 is 1. The summed E-state index contributed by atoms with van der Waals surface area (Å²) in [6, 6.07) is 6.90. The van der Waals surface area contributed by atoms with Crippen LogP contribution in [0.25, 0.3) is 0 Å². The summed E-state index contributed by atoms with van der Waals surface area (Å²) in [5.41, 5.74) is 0. The van der Waals surface area contributed by atoms with Gasteiger partial charge < -0.3 is 9.47 Å². The molecule has 0 heterocycles. The van der Waals surface area contributed by atoms with E-state index in [0.717, 1.165) is 16.7 Å². The molecule has 0 aliphatic carbocycles. The summed E-state index contributed by atoms with van der Waals surface area (Å²) < 4.78 is 9.55. The van der Waals surface area contributed by atoms with Crippen LogP contribution in [-0.4, -0.2) is 19.7 Å². The van der Waals surface area contributed by atoms with Gasteiger partial charge in [0.1, 0.15) is 11.2 Å². The molecule has 0 unspecified atom stereocenters. The standard InChI is InChI=1S/C10H9NO3S/c1-13-10(12)6-14-8-2-4-9(5-3-8)15-7-11/h2-5H,6H2,1H3. The Kier molecular flexibility index (Phi) is 4.51. The highest BCUT2D eigenvalue weighted by Crippen LogP contribution is 2.20. The normalized spacial score (nSPS) is 9.07. The Bertz CT molecular complexity index is 369. The average molecular weight is 223 g/mol. The van der Waals surface area contributed by atoms with Crippen LogP contribution >= 0.6 is 11.8 Å². The fourth-order valence-corrected chi connectivity index (χ4v) is 1.24. The second-order valence-corrected chi connectivity index (χ2v) is 3.39. The number of ether oxygens (including phenoxy) is 2. The lowest BCUT2D eigenvalue weighted by atomic mass is 10.3. The Labute approximate surface area is 91.8 Å². The van der Waals surface area contributed by atoms with E-state index in [9.17, 15) is 4.79 Å².